The first-order chi connectivity index (χ1) is 11.2. The number of nitrogens with two attached hydrogens (primary N) is 1. The summed E-state index contributed by atoms with van der Waals surface area (Å²) in [5.41, 5.74) is 9.29. The quantitative estimate of drug-likeness (QED) is 0.688. The number of carbonyl (C=O) groups excluding carboxylic acids is 1. The van der Waals surface area contributed by atoms with Crippen LogP contribution in [0.25, 0.3) is 0 Å². The molecule has 0 bridgehead atoms. The lowest BCUT2D eigenvalue weighted by Gasteiger charge is -2.37. The van der Waals surface area contributed by atoms with Crippen molar-refractivity contribution in [2.75, 3.05) is 48.8 Å². The average Bonchev–Trinajstić information content (AvgIpc) is 2.62. The van der Waals surface area contributed by atoms with Crippen LogP contribution in [0.2, 0.25) is 0 Å². The van der Waals surface area contributed by atoms with Crippen molar-refractivity contribution in [1.82, 2.24) is 4.98 Å². The van der Waals surface area contributed by atoms with Crippen molar-refractivity contribution < 1.29 is 9.53 Å². The first-order valence-electron chi connectivity index (χ1n) is 7.57. The van der Waals surface area contributed by atoms with Gasteiger partial charge in [-0.2, -0.15) is 0 Å². The van der Waals surface area contributed by atoms with Gasteiger partial charge in [0.15, 0.2) is 0 Å². The molecule has 3 rings (SSSR count). The van der Waals surface area contributed by atoms with E-state index in [-0.39, 0.29) is 5.97 Å². The number of methoxy groups -OCH3 is 1. The molecule has 0 atom stereocenters. The maximum Gasteiger partial charge on any atom is 0.337 e. The summed E-state index contributed by atoms with van der Waals surface area (Å²) >= 11 is 0. The number of hydrogen-bond acceptors (Lipinski definition) is 6. The third-order valence-corrected chi connectivity index (χ3v) is 4.08. The molecule has 1 aromatic carbocycles. The van der Waals surface area contributed by atoms with Crippen molar-refractivity contribution >= 4 is 23.0 Å². The molecule has 0 amide bonds. The number of benzene rings is 1. The van der Waals surface area contributed by atoms with Crippen LogP contribution in [0, 0.1) is 0 Å². The van der Waals surface area contributed by atoms with E-state index in [1.807, 2.05) is 18.3 Å². The summed E-state index contributed by atoms with van der Waals surface area (Å²) in [7, 11) is 1.37. The van der Waals surface area contributed by atoms with Gasteiger partial charge in [-0.3, -0.25) is 4.98 Å². The number of hydrogen-bond donors (Lipinski definition) is 1. The third-order valence-electron chi connectivity index (χ3n) is 4.08. The van der Waals surface area contributed by atoms with Gasteiger partial charge in [-0.05, 0) is 30.3 Å². The van der Waals surface area contributed by atoms with Crippen LogP contribution in [-0.4, -0.2) is 44.2 Å². The highest BCUT2D eigenvalue weighted by Gasteiger charge is 2.19. The minimum atomic E-state index is -0.371. The van der Waals surface area contributed by atoms with Gasteiger partial charge in [0, 0.05) is 32.4 Å². The topological polar surface area (TPSA) is 71.7 Å². The molecule has 0 aliphatic carbocycles. The number of ether oxygens (including phenoxy) is 1. The Kier molecular flexibility index (Phi) is 4.32. The van der Waals surface area contributed by atoms with Crippen molar-refractivity contribution in [1.29, 1.82) is 0 Å². The summed E-state index contributed by atoms with van der Waals surface area (Å²) in [6.45, 7) is 3.56. The van der Waals surface area contributed by atoms with E-state index in [1.54, 1.807) is 18.3 Å². The van der Waals surface area contributed by atoms with Gasteiger partial charge in [-0.15, -0.1) is 0 Å². The van der Waals surface area contributed by atoms with Crippen LogP contribution < -0.4 is 15.5 Å². The second-order valence-electron chi connectivity index (χ2n) is 5.45. The second-order valence-corrected chi connectivity index (χ2v) is 5.45. The molecule has 120 valence electrons. The standard InChI is InChI=1S/C17H20N4O2/c1-23-17(22)13-4-5-16(15(18)11-13)21-9-7-20(8-10-21)14-3-2-6-19-12-14/h2-6,11-12H,7-10,18H2,1H3. The fraction of sp³-hybridized carbons (Fsp3) is 0.294. The summed E-state index contributed by atoms with van der Waals surface area (Å²) < 4.78 is 4.72. The Morgan fingerprint density at radius 3 is 2.52 bits per heavy atom. The zero-order chi connectivity index (χ0) is 16.2. The normalized spacial score (nSPS) is 14.7. The second kappa shape index (κ2) is 6.56. The summed E-state index contributed by atoms with van der Waals surface area (Å²) in [6.07, 6.45) is 3.67. The van der Waals surface area contributed by atoms with Gasteiger partial charge in [0.05, 0.1) is 35.9 Å². The highest BCUT2D eigenvalue weighted by molar-refractivity contribution is 5.92. The number of esters is 1. The summed E-state index contributed by atoms with van der Waals surface area (Å²) in [6, 6.07) is 9.34. The maximum atomic E-state index is 11.5. The first kappa shape index (κ1) is 15.1. The zero-order valence-electron chi connectivity index (χ0n) is 13.1. The molecule has 0 saturated carbocycles. The van der Waals surface area contributed by atoms with Gasteiger partial charge in [0.25, 0.3) is 0 Å². The molecule has 6 heteroatoms. The lowest BCUT2D eigenvalue weighted by Crippen LogP contribution is -2.46. The van der Waals surface area contributed by atoms with Crippen molar-refractivity contribution in [3.05, 3.63) is 48.3 Å². The Hall–Kier alpha value is -2.76. The van der Waals surface area contributed by atoms with E-state index in [4.69, 9.17) is 10.5 Å². The maximum absolute atomic E-state index is 11.5. The number of aromatic nitrogens is 1. The predicted molar refractivity (Wildman–Crippen MR) is 90.9 cm³/mol. The number of anilines is 3. The van der Waals surface area contributed by atoms with E-state index < -0.39 is 0 Å². The van der Waals surface area contributed by atoms with E-state index in [0.29, 0.717) is 11.3 Å². The Balaban J connectivity index is 1.69. The van der Waals surface area contributed by atoms with E-state index in [9.17, 15) is 4.79 Å². The Bertz CT molecular complexity index is 682. The lowest BCUT2D eigenvalue weighted by molar-refractivity contribution is 0.0601. The number of nitrogens with zero attached hydrogens (tertiary/aromatic N) is 3. The average molecular weight is 312 g/mol. The minimum Gasteiger partial charge on any atom is -0.465 e. The molecular formula is C17H20N4O2. The predicted octanol–water partition coefficient (Wildman–Crippen LogP) is 1.78. The van der Waals surface area contributed by atoms with Crippen molar-refractivity contribution in [2.45, 2.75) is 0 Å². The van der Waals surface area contributed by atoms with Crippen LogP contribution in [0.3, 0.4) is 0 Å². The highest BCUT2D eigenvalue weighted by atomic mass is 16.5. The number of carbonyl (C=O) groups is 1. The van der Waals surface area contributed by atoms with Gasteiger partial charge in [0.1, 0.15) is 0 Å². The van der Waals surface area contributed by atoms with Gasteiger partial charge < -0.3 is 20.3 Å². The fourth-order valence-corrected chi connectivity index (χ4v) is 2.83. The minimum absolute atomic E-state index is 0.371. The third kappa shape index (κ3) is 3.21. The van der Waals surface area contributed by atoms with E-state index in [0.717, 1.165) is 37.6 Å². The molecule has 1 fully saturated rings. The summed E-state index contributed by atoms with van der Waals surface area (Å²) in [4.78, 5) is 20.3. The monoisotopic (exact) mass is 312 g/mol. The summed E-state index contributed by atoms with van der Waals surface area (Å²) in [5.74, 6) is -0.371. The van der Waals surface area contributed by atoms with E-state index in [1.165, 1.54) is 7.11 Å². The number of pyridine rings is 1. The SMILES string of the molecule is COC(=O)c1ccc(N2CCN(c3cccnc3)CC2)c(N)c1. The van der Waals surface area contributed by atoms with Crippen LogP contribution in [-0.2, 0) is 4.74 Å². The molecule has 1 saturated heterocycles. The first-order valence-corrected chi connectivity index (χ1v) is 7.57. The van der Waals surface area contributed by atoms with Gasteiger partial charge in [-0.25, -0.2) is 4.79 Å². The molecule has 0 spiro atoms. The molecule has 23 heavy (non-hydrogen) atoms. The lowest BCUT2D eigenvalue weighted by atomic mass is 10.1. The van der Waals surface area contributed by atoms with Crippen LogP contribution in [0.4, 0.5) is 17.1 Å². The molecule has 2 heterocycles. The van der Waals surface area contributed by atoms with Gasteiger partial charge in [-0.1, -0.05) is 0 Å². The number of nitrogen functional groups attached to an aromatic ring is 1. The Morgan fingerprint density at radius 1 is 1.17 bits per heavy atom. The Morgan fingerprint density at radius 2 is 1.91 bits per heavy atom. The van der Waals surface area contributed by atoms with E-state index in [2.05, 4.69) is 20.9 Å². The van der Waals surface area contributed by atoms with Crippen LogP contribution in [0.15, 0.2) is 42.7 Å². The van der Waals surface area contributed by atoms with Gasteiger partial charge in [0.2, 0.25) is 0 Å². The smallest absolute Gasteiger partial charge is 0.337 e. The molecule has 2 aromatic rings. The van der Waals surface area contributed by atoms with Crippen LogP contribution in [0.1, 0.15) is 10.4 Å². The number of piperazine rings is 1. The van der Waals surface area contributed by atoms with Crippen LogP contribution >= 0.6 is 0 Å². The fourth-order valence-electron chi connectivity index (χ4n) is 2.83. The molecule has 1 aromatic heterocycles. The van der Waals surface area contributed by atoms with Crippen molar-refractivity contribution in [3.63, 3.8) is 0 Å². The van der Waals surface area contributed by atoms with Crippen molar-refractivity contribution in [2.24, 2.45) is 0 Å². The molecular weight excluding hydrogens is 292 g/mol. The molecule has 6 nitrogen and oxygen atoms in total. The van der Waals surface area contributed by atoms with E-state index >= 15 is 0 Å². The molecule has 0 unspecified atom stereocenters. The summed E-state index contributed by atoms with van der Waals surface area (Å²) in [5, 5.41) is 0. The molecule has 0 radical (unpaired) electrons. The zero-order valence-corrected chi connectivity index (χ0v) is 13.1. The highest BCUT2D eigenvalue weighted by Crippen LogP contribution is 2.26. The molecule has 1 aliphatic heterocycles. The molecule has 2 N–H and O–H groups in total. The largest absolute Gasteiger partial charge is 0.465 e. The van der Waals surface area contributed by atoms with Gasteiger partial charge >= 0.3 is 5.97 Å². The van der Waals surface area contributed by atoms with Crippen molar-refractivity contribution in [3.8, 4) is 0 Å². The van der Waals surface area contributed by atoms with Crippen LogP contribution in [0.5, 0.6) is 0 Å². The Labute approximate surface area is 135 Å². The number of rotatable bonds is 3. The molecule has 1 aliphatic rings.